The van der Waals surface area contributed by atoms with E-state index in [0.717, 1.165) is 141 Å². The van der Waals surface area contributed by atoms with Crippen molar-refractivity contribution in [2.75, 3.05) is 57.8 Å². The first-order valence-electron chi connectivity index (χ1n) is 35.3. The van der Waals surface area contributed by atoms with Crippen molar-refractivity contribution in [3.63, 3.8) is 0 Å². The molecule has 0 spiro atoms. The first-order valence-corrected chi connectivity index (χ1v) is 36.1. The second-order valence-electron chi connectivity index (χ2n) is 25.4. The minimum Gasteiger partial charge on any atom is -0.494 e. The van der Waals surface area contributed by atoms with Crippen molar-refractivity contribution in [3.05, 3.63) is 182 Å². The Kier molecular flexibility index (Phi) is 28.9. The third-order valence-corrected chi connectivity index (χ3v) is 19.2. The molecule has 0 N–H and O–H groups in total. The van der Waals surface area contributed by atoms with Crippen LogP contribution in [0, 0.1) is 23.7 Å². The molecular formula is C80H91N3O16S. The van der Waals surface area contributed by atoms with E-state index in [0.29, 0.717) is 118 Å². The lowest BCUT2D eigenvalue weighted by molar-refractivity contribution is -0.218. The number of carbonyl (C=O) groups is 5. The molecule has 3 aliphatic carbocycles. The Bertz CT molecular complexity index is 3720. The monoisotopic (exact) mass is 1380 g/mol. The molecule has 20 heteroatoms. The van der Waals surface area contributed by atoms with Gasteiger partial charge in [0, 0.05) is 24.3 Å². The van der Waals surface area contributed by atoms with E-state index >= 15 is 0 Å². The van der Waals surface area contributed by atoms with E-state index in [1.807, 2.05) is 77.8 Å². The van der Waals surface area contributed by atoms with Crippen LogP contribution in [-0.4, -0.2) is 93.8 Å². The summed E-state index contributed by atoms with van der Waals surface area (Å²) in [5.74, 6) is 0.883. The number of hydrazone groups is 1. The standard InChI is InChI=1S/C80H91N3O16S/c1-3-74(84)91-50-20-9-7-18-48-89-62-37-41-64(42-38-62)96-77(86)59-33-31-58(32-34-59)56-95-99-72-46-45-66(97-78(87)60-35-29-57(30-36-60)55-94-98-65-43-39-63(40-44-65)90-49-19-8-10-21-51-92-75(85)4-2)53-61(72)54-81-83(80-82-71-27-15-16-28-73(71)100-80)47-17-5-6-22-52-93-79(88)76-69-25-13-11-23-67(69)68-24-12-14-26-70(68)76/h3-4,11-16,23-28,37-46,53-54,57-60,76H,1-2,5-10,17-22,29-36,47-52,55-56H2/b81-54+. The summed E-state index contributed by atoms with van der Waals surface area (Å²) in [5.41, 5.74) is 5.49. The maximum atomic E-state index is 13.9. The molecule has 0 bridgehead atoms. The van der Waals surface area contributed by atoms with Crippen LogP contribution in [0.1, 0.15) is 151 Å². The molecule has 528 valence electrons. The van der Waals surface area contributed by atoms with E-state index in [1.165, 1.54) is 6.08 Å². The van der Waals surface area contributed by atoms with Crippen LogP contribution < -0.4 is 33.7 Å². The van der Waals surface area contributed by atoms with Gasteiger partial charge in [0.2, 0.25) is 5.13 Å². The lowest BCUT2D eigenvalue weighted by Gasteiger charge is -2.27. The average molecular weight is 1380 g/mol. The largest absolute Gasteiger partial charge is 0.494 e. The molecule has 0 atom stereocenters. The molecular weight excluding hydrogens is 1290 g/mol. The Morgan fingerprint density at radius 1 is 0.480 bits per heavy atom. The Morgan fingerprint density at radius 2 is 0.950 bits per heavy atom. The lowest BCUT2D eigenvalue weighted by Crippen LogP contribution is -2.27. The molecule has 1 aromatic heterocycles. The van der Waals surface area contributed by atoms with Crippen LogP contribution >= 0.6 is 11.3 Å². The van der Waals surface area contributed by atoms with E-state index in [1.54, 1.807) is 72.1 Å². The van der Waals surface area contributed by atoms with Crippen molar-refractivity contribution < 1.29 is 76.7 Å². The first kappa shape index (κ1) is 73.3. The van der Waals surface area contributed by atoms with Crippen molar-refractivity contribution in [2.45, 2.75) is 134 Å². The number of esters is 5. The van der Waals surface area contributed by atoms with Gasteiger partial charge in [0.15, 0.2) is 11.5 Å². The highest BCUT2D eigenvalue weighted by Gasteiger charge is 2.35. The van der Waals surface area contributed by atoms with Crippen molar-refractivity contribution in [2.24, 2.45) is 28.8 Å². The Hall–Kier alpha value is -9.37. The van der Waals surface area contributed by atoms with Gasteiger partial charge in [-0.05, 0) is 235 Å². The number of fused-ring (bicyclic) bond motifs is 4. The zero-order chi connectivity index (χ0) is 69.5. The van der Waals surface area contributed by atoms with Crippen LogP contribution in [-0.2, 0) is 48.0 Å². The minimum absolute atomic E-state index is 0.131. The summed E-state index contributed by atoms with van der Waals surface area (Å²) >= 11 is 1.54. The number of rotatable bonds is 41. The second-order valence-corrected chi connectivity index (χ2v) is 26.5. The van der Waals surface area contributed by atoms with E-state index in [2.05, 4.69) is 25.3 Å². The Morgan fingerprint density at radius 3 is 1.51 bits per heavy atom. The zero-order valence-electron chi connectivity index (χ0n) is 56.9. The van der Waals surface area contributed by atoms with Gasteiger partial charge >= 0.3 is 29.8 Å². The highest BCUT2D eigenvalue weighted by atomic mass is 32.1. The number of unbranched alkanes of at least 4 members (excludes halogenated alkanes) is 9. The van der Waals surface area contributed by atoms with Gasteiger partial charge in [0.25, 0.3) is 0 Å². The number of benzene rings is 6. The molecule has 2 saturated carbocycles. The maximum Gasteiger partial charge on any atom is 0.330 e. The third kappa shape index (κ3) is 22.6. The smallest absolute Gasteiger partial charge is 0.330 e. The number of carbonyl (C=O) groups excluding carboxylic acids is 5. The van der Waals surface area contributed by atoms with Gasteiger partial charge in [-0.3, -0.25) is 14.4 Å². The van der Waals surface area contributed by atoms with Gasteiger partial charge in [-0.25, -0.2) is 19.6 Å². The van der Waals surface area contributed by atoms with Crippen LogP contribution in [0.4, 0.5) is 5.13 Å². The average Bonchev–Trinajstić information content (AvgIpc) is 1.61. The predicted octanol–water partition coefficient (Wildman–Crippen LogP) is 16.8. The fraction of sp³-hybridized carbons (Fsp3) is 0.412. The van der Waals surface area contributed by atoms with E-state index in [-0.39, 0.29) is 48.2 Å². The third-order valence-electron chi connectivity index (χ3n) is 18.2. The van der Waals surface area contributed by atoms with Crippen molar-refractivity contribution in [3.8, 4) is 45.6 Å². The van der Waals surface area contributed by atoms with Crippen LogP contribution in [0.5, 0.6) is 34.5 Å². The number of thiazole rings is 1. The quantitative estimate of drug-likeness (QED) is 0.00509. The SMILES string of the molecule is C=CC(=O)OCCCCCCOc1ccc(OOCC2CCC(C(=O)Oc3ccc(OOCC4CCC(C(=O)Oc5ccc(OCCCCCCOC(=O)C=C)cc5)CC4)c(/C=N/N(CCCCCCOC(=O)C4c5ccccc5-c5ccccc54)c4nc5ccccc5s4)c3)CC2)cc1. The van der Waals surface area contributed by atoms with Gasteiger partial charge in [-0.1, -0.05) is 91.6 Å². The van der Waals surface area contributed by atoms with Crippen LogP contribution in [0.3, 0.4) is 0 Å². The fourth-order valence-corrected chi connectivity index (χ4v) is 13.5. The molecule has 0 aliphatic heterocycles. The number of ether oxygens (including phenoxy) is 7. The van der Waals surface area contributed by atoms with Gasteiger partial charge < -0.3 is 42.9 Å². The summed E-state index contributed by atoms with van der Waals surface area (Å²) in [4.78, 5) is 91.7. The summed E-state index contributed by atoms with van der Waals surface area (Å²) in [6.07, 6.45) is 19.9. The normalized spacial score (nSPS) is 16.4. The van der Waals surface area contributed by atoms with Crippen LogP contribution in [0.15, 0.2) is 170 Å². The van der Waals surface area contributed by atoms with Crippen molar-refractivity contribution in [1.82, 2.24) is 4.98 Å². The van der Waals surface area contributed by atoms with Gasteiger partial charge in [0.05, 0.1) is 74.5 Å². The Balaban J connectivity index is 0.707. The summed E-state index contributed by atoms with van der Waals surface area (Å²) in [6, 6.07) is 43.6. The molecule has 1 heterocycles. The number of aromatic nitrogens is 1. The number of hydrogen-bond acceptors (Lipinski definition) is 20. The predicted molar refractivity (Wildman–Crippen MR) is 383 cm³/mol. The molecule has 0 radical (unpaired) electrons. The number of para-hydroxylation sites is 1. The highest BCUT2D eigenvalue weighted by Crippen LogP contribution is 2.45. The van der Waals surface area contributed by atoms with E-state index in [4.69, 9.17) is 62.8 Å². The molecule has 100 heavy (non-hydrogen) atoms. The maximum absolute atomic E-state index is 13.9. The molecule has 6 aromatic carbocycles. The van der Waals surface area contributed by atoms with Crippen LogP contribution in [0.2, 0.25) is 0 Å². The first-order chi connectivity index (χ1) is 49.1. The molecule has 7 aromatic rings. The number of nitrogens with zero attached hydrogens (tertiary/aromatic N) is 3. The number of hydrogen-bond donors (Lipinski definition) is 0. The Labute approximate surface area is 589 Å². The molecule has 19 nitrogen and oxygen atoms in total. The zero-order valence-corrected chi connectivity index (χ0v) is 57.7. The molecule has 2 fully saturated rings. The minimum atomic E-state index is -0.438. The molecule has 0 unspecified atom stereocenters. The fourth-order valence-electron chi connectivity index (χ4n) is 12.5. The highest BCUT2D eigenvalue weighted by molar-refractivity contribution is 7.22. The molecule has 0 amide bonds. The lowest BCUT2D eigenvalue weighted by atomic mass is 9.82. The van der Waals surface area contributed by atoms with Crippen molar-refractivity contribution >= 4 is 62.7 Å². The van der Waals surface area contributed by atoms with E-state index in [9.17, 15) is 24.0 Å². The summed E-state index contributed by atoms with van der Waals surface area (Å²) in [7, 11) is 0. The number of anilines is 1. The summed E-state index contributed by atoms with van der Waals surface area (Å²) in [6.45, 7) is 10.2. The summed E-state index contributed by atoms with van der Waals surface area (Å²) < 4.78 is 40.7. The van der Waals surface area contributed by atoms with Gasteiger partial charge in [0.1, 0.15) is 28.9 Å². The molecule has 0 saturated heterocycles. The van der Waals surface area contributed by atoms with Gasteiger partial charge in [-0.15, -0.1) is 0 Å². The second kappa shape index (κ2) is 39.4. The van der Waals surface area contributed by atoms with Gasteiger partial charge in [-0.2, -0.15) is 14.9 Å². The van der Waals surface area contributed by atoms with E-state index < -0.39 is 17.9 Å². The summed E-state index contributed by atoms with van der Waals surface area (Å²) in [5, 5.41) is 7.65. The van der Waals surface area contributed by atoms with Crippen molar-refractivity contribution in [1.29, 1.82) is 0 Å². The van der Waals surface area contributed by atoms with Crippen LogP contribution in [0.25, 0.3) is 21.3 Å². The molecule has 10 rings (SSSR count). The molecule has 3 aliphatic rings. The topological polar surface area (TPSA) is 215 Å².